The van der Waals surface area contributed by atoms with E-state index in [1.807, 2.05) is 44.2 Å². The van der Waals surface area contributed by atoms with Crippen molar-refractivity contribution < 1.29 is 24.0 Å². The molecular formula is C24H37N5O5. The van der Waals surface area contributed by atoms with Crippen LogP contribution in [-0.4, -0.2) is 78.1 Å². The number of carbonyl (C=O) groups is 3. The Balaban J connectivity index is 1.48. The number of esters is 1. The summed E-state index contributed by atoms with van der Waals surface area (Å²) in [5, 5.41) is 2.94. The number of ether oxygens (including phenoxy) is 1. The fourth-order valence-corrected chi connectivity index (χ4v) is 4.41. The second-order valence-corrected chi connectivity index (χ2v) is 8.89. The largest absolute Gasteiger partial charge is 0.461 e. The summed E-state index contributed by atoms with van der Waals surface area (Å²) in [4.78, 5) is 46.9. The fraction of sp³-hybridized carbons (Fsp3) is 0.625. The standard InChI is InChI=1S/C24H37N5O5/c1-4-20(5-2)34-22(31)18(3)26-27-33-16-21(30)28-13-14-29(15-19-9-7-6-8-10-19)24(17-28)11-12-25-23(24)32/h6-10,18,20,26-27H,4-5,11-17H2,1-3H3,(H,25,32). The van der Waals surface area contributed by atoms with Crippen LogP contribution in [0.4, 0.5) is 0 Å². The van der Waals surface area contributed by atoms with E-state index in [0.29, 0.717) is 39.1 Å². The smallest absolute Gasteiger partial charge is 0.324 e. The van der Waals surface area contributed by atoms with Crippen LogP contribution in [-0.2, 0) is 30.5 Å². The molecule has 34 heavy (non-hydrogen) atoms. The normalized spacial score (nSPS) is 21.6. The van der Waals surface area contributed by atoms with Crippen LogP contribution in [0.15, 0.2) is 30.3 Å². The lowest BCUT2D eigenvalue weighted by atomic mass is 9.91. The molecule has 10 nitrogen and oxygen atoms in total. The fourth-order valence-electron chi connectivity index (χ4n) is 4.41. The number of nitrogens with one attached hydrogen (secondary N) is 3. The predicted molar refractivity (Wildman–Crippen MR) is 126 cm³/mol. The van der Waals surface area contributed by atoms with Gasteiger partial charge in [0.25, 0.3) is 5.91 Å². The summed E-state index contributed by atoms with van der Waals surface area (Å²) in [5.74, 6) is -0.647. The van der Waals surface area contributed by atoms with Crippen molar-refractivity contribution in [1.82, 2.24) is 26.1 Å². The zero-order valence-corrected chi connectivity index (χ0v) is 20.3. The number of benzene rings is 1. The van der Waals surface area contributed by atoms with Gasteiger partial charge in [-0.3, -0.25) is 24.1 Å². The molecule has 1 spiro atoms. The number of hydrogen-bond donors (Lipinski definition) is 3. The molecule has 0 aliphatic carbocycles. The van der Waals surface area contributed by atoms with Crippen LogP contribution >= 0.6 is 0 Å². The van der Waals surface area contributed by atoms with Crippen LogP contribution in [0.2, 0.25) is 0 Å². The Hall–Kier alpha value is -2.53. The quantitative estimate of drug-likeness (QED) is 0.244. The summed E-state index contributed by atoms with van der Waals surface area (Å²) in [6.07, 6.45) is 2.05. The molecule has 10 heteroatoms. The maximum atomic E-state index is 12.9. The number of piperazine rings is 1. The zero-order chi connectivity index (χ0) is 24.6. The average molecular weight is 476 g/mol. The van der Waals surface area contributed by atoms with Crippen molar-refractivity contribution in [2.75, 3.05) is 32.8 Å². The van der Waals surface area contributed by atoms with E-state index in [4.69, 9.17) is 9.57 Å². The first kappa shape index (κ1) is 26.1. The molecule has 2 saturated heterocycles. The lowest BCUT2D eigenvalue weighted by molar-refractivity contribution is -0.154. The van der Waals surface area contributed by atoms with E-state index >= 15 is 0 Å². The predicted octanol–water partition coefficient (Wildman–Crippen LogP) is 0.736. The van der Waals surface area contributed by atoms with Crippen molar-refractivity contribution in [3.8, 4) is 0 Å². The minimum atomic E-state index is -0.733. The minimum Gasteiger partial charge on any atom is -0.461 e. The summed E-state index contributed by atoms with van der Waals surface area (Å²) in [7, 11) is 0. The SMILES string of the molecule is CCC(CC)OC(=O)C(C)NNOCC(=O)N1CCN(Cc2ccccc2)C2(CCNC2=O)C1. The van der Waals surface area contributed by atoms with Crippen LogP contribution in [0, 0.1) is 0 Å². The van der Waals surface area contributed by atoms with Gasteiger partial charge in [0.15, 0.2) is 0 Å². The molecule has 188 valence electrons. The zero-order valence-electron chi connectivity index (χ0n) is 20.3. The highest BCUT2D eigenvalue weighted by molar-refractivity contribution is 5.90. The third-order valence-electron chi connectivity index (χ3n) is 6.60. The molecule has 0 saturated carbocycles. The summed E-state index contributed by atoms with van der Waals surface area (Å²) < 4.78 is 5.39. The molecule has 2 unspecified atom stereocenters. The molecule has 0 bridgehead atoms. The molecule has 2 fully saturated rings. The van der Waals surface area contributed by atoms with Crippen LogP contribution in [0.3, 0.4) is 0 Å². The molecule has 3 rings (SSSR count). The highest BCUT2D eigenvalue weighted by Crippen LogP contribution is 2.30. The number of hydrogen-bond acceptors (Lipinski definition) is 8. The molecule has 1 aromatic rings. The van der Waals surface area contributed by atoms with Gasteiger partial charge in [-0.25, -0.2) is 5.43 Å². The molecule has 3 N–H and O–H groups in total. The maximum absolute atomic E-state index is 12.9. The van der Waals surface area contributed by atoms with E-state index in [1.165, 1.54) is 0 Å². The van der Waals surface area contributed by atoms with Gasteiger partial charge < -0.3 is 15.0 Å². The van der Waals surface area contributed by atoms with Gasteiger partial charge in [0, 0.05) is 32.7 Å². The number of amides is 2. The summed E-state index contributed by atoms with van der Waals surface area (Å²) >= 11 is 0. The van der Waals surface area contributed by atoms with Gasteiger partial charge in [0.2, 0.25) is 5.91 Å². The Morgan fingerprint density at radius 1 is 1.18 bits per heavy atom. The minimum absolute atomic E-state index is 0.0357. The van der Waals surface area contributed by atoms with Gasteiger partial charge in [-0.05, 0) is 31.7 Å². The Labute approximate surface area is 201 Å². The average Bonchev–Trinajstić information content (AvgIpc) is 3.21. The van der Waals surface area contributed by atoms with E-state index < -0.39 is 11.6 Å². The molecule has 0 aromatic heterocycles. The second kappa shape index (κ2) is 12.3. The van der Waals surface area contributed by atoms with Gasteiger partial charge in [-0.15, -0.1) is 5.59 Å². The number of rotatable bonds is 11. The summed E-state index contributed by atoms with van der Waals surface area (Å²) in [5.41, 5.74) is 5.57. The monoisotopic (exact) mass is 475 g/mol. The first-order valence-electron chi connectivity index (χ1n) is 12.1. The van der Waals surface area contributed by atoms with E-state index in [2.05, 4.69) is 21.2 Å². The number of carbonyl (C=O) groups excluding carboxylic acids is 3. The molecule has 2 amide bonds. The number of nitrogens with zero attached hydrogens (tertiary/aromatic N) is 2. The molecule has 2 aliphatic heterocycles. The molecule has 2 atom stereocenters. The number of hydrazine groups is 1. The Morgan fingerprint density at radius 3 is 2.56 bits per heavy atom. The highest BCUT2D eigenvalue weighted by Gasteiger charge is 2.51. The molecule has 0 radical (unpaired) electrons. The van der Waals surface area contributed by atoms with Crippen molar-refractivity contribution in [2.45, 2.75) is 64.3 Å². The topological polar surface area (TPSA) is 112 Å². The van der Waals surface area contributed by atoms with Crippen LogP contribution < -0.4 is 16.3 Å². The molecular weight excluding hydrogens is 438 g/mol. The third-order valence-corrected chi connectivity index (χ3v) is 6.60. The van der Waals surface area contributed by atoms with Gasteiger partial charge in [-0.2, -0.15) is 0 Å². The van der Waals surface area contributed by atoms with E-state index in [-0.39, 0.29) is 30.5 Å². The Bertz CT molecular complexity index is 834. The van der Waals surface area contributed by atoms with Crippen LogP contribution in [0.1, 0.15) is 45.6 Å². The van der Waals surface area contributed by atoms with E-state index in [9.17, 15) is 14.4 Å². The molecule has 2 heterocycles. The van der Waals surface area contributed by atoms with Crippen molar-refractivity contribution in [3.05, 3.63) is 35.9 Å². The van der Waals surface area contributed by atoms with Gasteiger partial charge in [0.05, 0.1) is 0 Å². The Morgan fingerprint density at radius 2 is 1.91 bits per heavy atom. The second-order valence-electron chi connectivity index (χ2n) is 8.89. The first-order chi connectivity index (χ1) is 16.4. The maximum Gasteiger partial charge on any atom is 0.324 e. The van der Waals surface area contributed by atoms with Crippen molar-refractivity contribution >= 4 is 17.8 Å². The van der Waals surface area contributed by atoms with Crippen molar-refractivity contribution in [2.24, 2.45) is 0 Å². The highest BCUT2D eigenvalue weighted by atomic mass is 16.7. The molecule has 2 aliphatic rings. The van der Waals surface area contributed by atoms with Gasteiger partial charge in [0.1, 0.15) is 24.3 Å². The van der Waals surface area contributed by atoms with E-state index in [0.717, 1.165) is 18.4 Å². The third kappa shape index (κ3) is 6.32. The summed E-state index contributed by atoms with van der Waals surface area (Å²) in [6, 6.07) is 9.40. The van der Waals surface area contributed by atoms with Gasteiger partial charge in [-0.1, -0.05) is 44.2 Å². The van der Waals surface area contributed by atoms with Crippen LogP contribution in [0.25, 0.3) is 0 Å². The lowest BCUT2D eigenvalue weighted by Gasteiger charge is -2.47. The summed E-state index contributed by atoms with van der Waals surface area (Å²) in [6.45, 7) is 8.03. The Kier molecular flexibility index (Phi) is 9.40. The lowest BCUT2D eigenvalue weighted by Crippen LogP contribution is -2.66. The van der Waals surface area contributed by atoms with E-state index in [1.54, 1.807) is 11.8 Å². The van der Waals surface area contributed by atoms with Gasteiger partial charge >= 0.3 is 5.97 Å². The van der Waals surface area contributed by atoms with Crippen LogP contribution in [0.5, 0.6) is 0 Å². The van der Waals surface area contributed by atoms with Crippen molar-refractivity contribution in [3.63, 3.8) is 0 Å². The first-order valence-corrected chi connectivity index (χ1v) is 12.1. The molecule has 1 aromatic carbocycles. The van der Waals surface area contributed by atoms with Crippen molar-refractivity contribution in [1.29, 1.82) is 0 Å².